The maximum absolute atomic E-state index is 6.37. The monoisotopic (exact) mass is 327 g/mol. The molecule has 0 saturated carbocycles. The number of hydrogen-bond donors (Lipinski definition) is 1. The molecule has 0 spiro atoms. The molecule has 0 fully saturated rings. The van der Waals surface area contributed by atoms with Gasteiger partial charge in [-0.2, -0.15) is 0 Å². The van der Waals surface area contributed by atoms with Gasteiger partial charge < -0.3 is 19.9 Å². The molecule has 2 aromatic rings. The molecule has 1 aromatic heterocycles. The van der Waals surface area contributed by atoms with Gasteiger partial charge in [0.2, 0.25) is 5.75 Å². The van der Waals surface area contributed by atoms with Gasteiger partial charge in [-0.05, 0) is 30.0 Å². The lowest BCUT2D eigenvalue weighted by Gasteiger charge is -2.19. The van der Waals surface area contributed by atoms with Crippen LogP contribution in [0.4, 0.5) is 0 Å². The summed E-state index contributed by atoms with van der Waals surface area (Å²) in [6, 6.07) is 3.30. The molecule has 114 valence electrons. The summed E-state index contributed by atoms with van der Waals surface area (Å²) in [6.45, 7) is 1.96. The molecule has 0 bridgehead atoms. The van der Waals surface area contributed by atoms with Crippen molar-refractivity contribution >= 4 is 22.9 Å². The van der Waals surface area contributed by atoms with Crippen molar-refractivity contribution in [3.63, 3.8) is 0 Å². The van der Waals surface area contributed by atoms with Gasteiger partial charge in [0.05, 0.1) is 32.4 Å². The van der Waals surface area contributed by atoms with Crippen LogP contribution in [0.1, 0.15) is 22.0 Å². The molecule has 0 aliphatic carbocycles. The summed E-state index contributed by atoms with van der Waals surface area (Å²) >= 11 is 7.85. The van der Waals surface area contributed by atoms with Crippen LogP contribution >= 0.6 is 22.9 Å². The highest BCUT2D eigenvalue weighted by atomic mass is 35.5. The topological polar surface area (TPSA) is 53.7 Å². The number of nitrogens with two attached hydrogens (primary N) is 1. The molecular weight excluding hydrogens is 310 g/mol. The first-order valence-corrected chi connectivity index (χ1v) is 7.58. The highest BCUT2D eigenvalue weighted by Gasteiger charge is 2.23. The van der Waals surface area contributed by atoms with E-state index in [9.17, 15) is 0 Å². The fourth-order valence-corrected chi connectivity index (χ4v) is 3.50. The predicted molar refractivity (Wildman–Crippen MR) is 86.2 cm³/mol. The zero-order chi connectivity index (χ0) is 15.6. The van der Waals surface area contributed by atoms with Crippen molar-refractivity contribution in [2.24, 2.45) is 5.73 Å². The van der Waals surface area contributed by atoms with Crippen LogP contribution in [0.5, 0.6) is 17.2 Å². The predicted octanol–water partition coefficient (Wildman–Crippen LogP) is 3.78. The Hall–Kier alpha value is -1.43. The van der Waals surface area contributed by atoms with Crippen LogP contribution in [0.25, 0.3) is 0 Å². The molecule has 2 rings (SSSR count). The zero-order valence-corrected chi connectivity index (χ0v) is 14.0. The van der Waals surface area contributed by atoms with Gasteiger partial charge in [0.25, 0.3) is 0 Å². The average Bonchev–Trinajstić information content (AvgIpc) is 2.84. The van der Waals surface area contributed by atoms with Crippen LogP contribution in [0.2, 0.25) is 5.02 Å². The first-order valence-electron chi connectivity index (χ1n) is 6.33. The average molecular weight is 328 g/mol. The SMILES string of the molecule is COc1ccc(C(N)c2scc(C)c2Cl)c(OC)c1OC. The molecule has 6 heteroatoms. The van der Waals surface area contributed by atoms with Crippen molar-refractivity contribution in [3.8, 4) is 17.2 Å². The van der Waals surface area contributed by atoms with E-state index >= 15 is 0 Å². The number of aryl methyl sites for hydroxylation is 1. The highest BCUT2D eigenvalue weighted by molar-refractivity contribution is 7.10. The maximum Gasteiger partial charge on any atom is 0.203 e. The Kier molecular flexibility index (Phi) is 4.98. The third kappa shape index (κ3) is 2.81. The second kappa shape index (κ2) is 6.56. The van der Waals surface area contributed by atoms with Crippen molar-refractivity contribution in [1.29, 1.82) is 0 Å². The van der Waals surface area contributed by atoms with E-state index in [0.29, 0.717) is 22.3 Å². The Labute approximate surface area is 133 Å². The van der Waals surface area contributed by atoms with Crippen LogP contribution in [-0.2, 0) is 0 Å². The molecule has 0 aliphatic heterocycles. The van der Waals surface area contributed by atoms with Crippen LogP contribution in [-0.4, -0.2) is 21.3 Å². The molecule has 1 heterocycles. The molecule has 1 atom stereocenters. The minimum atomic E-state index is -0.383. The van der Waals surface area contributed by atoms with Crippen molar-refractivity contribution in [3.05, 3.63) is 38.5 Å². The van der Waals surface area contributed by atoms with Gasteiger partial charge in [0, 0.05) is 10.4 Å². The normalized spacial score (nSPS) is 12.1. The molecular formula is C15H18ClNO3S. The Morgan fingerprint density at radius 3 is 2.24 bits per heavy atom. The Balaban J connectivity index is 2.55. The quantitative estimate of drug-likeness (QED) is 0.908. The van der Waals surface area contributed by atoms with E-state index in [-0.39, 0.29) is 6.04 Å². The summed E-state index contributed by atoms with van der Waals surface area (Å²) in [4.78, 5) is 0.902. The van der Waals surface area contributed by atoms with Crippen molar-refractivity contribution in [2.75, 3.05) is 21.3 Å². The largest absolute Gasteiger partial charge is 0.493 e. The lowest BCUT2D eigenvalue weighted by atomic mass is 10.0. The second-order valence-corrected chi connectivity index (χ2v) is 5.79. The smallest absolute Gasteiger partial charge is 0.203 e. The Morgan fingerprint density at radius 1 is 1.10 bits per heavy atom. The molecule has 21 heavy (non-hydrogen) atoms. The van der Waals surface area contributed by atoms with E-state index < -0.39 is 0 Å². The first kappa shape index (κ1) is 15.9. The third-order valence-corrected chi connectivity index (χ3v) is 5.07. The van der Waals surface area contributed by atoms with Crippen LogP contribution in [0, 0.1) is 6.92 Å². The summed E-state index contributed by atoms with van der Waals surface area (Å²) in [5.41, 5.74) is 8.20. The summed E-state index contributed by atoms with van der Waals surface area (Å²) in [5, 5.41) is 2.69. The van der Waals surface area contributed by atoms with Gasteiger partial charge in [0.15, 0.2) is 11.5 Å². The van der Waals surface area contributed by atoms with Gasteiger partial charge in [-0.1, -0.05) is 11.6 Å². The van der Waals surface area contributed by atoms with Gasteiger partial charge in [-0.15, -0.1) is 11.3 Å². The summed E-state index contributed by atoms with van der Waals surface area (Å²) in [5.74, 6) is 1.68. The zero-order valence-electron chi connectivity index (χ0n) is 12.4. The summed E-state index contributed by atoms with van der Waals surface area (Å²) < 4.78 is 16.1. The highest BCUT2D eigenvalue weighted by Crippen LogP contribution is 2.44. The molecule has 2 N–H and O–H groups in total. The Bertz CT molecular complexity index is 642. The number of halogens is 1. The second-order valence-electron chi connectivity index (χ2n) is 4.50. The fourth-order valence-electron chi connectivity index (χ4n) is 2.17. The maximum atomic E-state index is 6.37. The number of hydrogen-bond acceptors (Lipinski definition) is 5. The van der Waals surface area contributed by atoms with E-state index in [2.05, 4.69) is 0 Å². The molecule has 0 radical (unpaired) electrons. The van der Waals surface area contributed by atoms with Crippen LogP contribution < -0.4 is 19.9 Å². The number of benzene rings is 1. The molecule has 4 nitrogen and oxygen atoms in total. The molecule has 0 amide bonds. The van der Waals surface area contributed by atoms with E-state index in [1.807, 2.05) is 24.4 Å². The molecule has 1 aromatic carbocycles. The van der Waals surface area contributed by atoms with Gasteiger partial charge in [-0.25, -0.2) is 0 Å². The minimum Gasteiger partial charge on any atom is -0.493 e. The summed E-state index contributed by atoms with van der Waals surface area (Å²) in [7, 11) is 4.73. The lowest BCUT2D eigenvalue weighted by molar-refractivity contribution is 0.321. The number of methoxy groups -OCH3 is 3. The lowest BCUT2D eigenvalue weighted by Crippen LogP contribution is -2.13. The number of thiophene rings is 1. The van der Waals surface area contributed by atoms with Gasteiger partial charge in [-0.3, -0.25) is 0 Å². The standard InChI is InChI=1S/C15H18ClNO3S/c1-8-7-21-15(11(8)16)12(17)9-5-6-10(18-2)14(20-4)13(9)19-3/h5-7,12H,17H2,1-4H3. The van der Waals surface area contributed by atoms with Crippen molar-refractivity contribution in [2.45, 2.75) is 13.0 Å². The fraction of sp³-hybridized carbons (Fsp3) is 0.333. The number of ether oxygens (including phenoxy) is 3. The van der Waals surface area contributed by atoms with Crippen LogP contribution in [0.15, 0.2) is 17.5 Å². The van der Waals surface area contributed by atoms with E-state index in [1.165, 1.54) is 11.3 Å². The molecule has 1 unspecified atom stereocenters. The summed E-state index contributed by atoms with van der Waals surface area (Å²) in [6.07, 6.45) is 0. The van der Waals surface area contributed by atoms with E-state index in [1.54, 1.807) is 21.3 Å². The Morgan fingerprint density at radius 2 is 1.76 bits per heavy atom. The first-order chi connectivity index (χ1) is 10.0. The van der Waals surface area contributed by atoms with Gasteiger partial charge >= 0.3 is 0 Å². The van der Waals surface area contributed by atoms with Crippen molar-refractivity contribution < 1.29 is 14.2 Å². The van der Waals surface area contributed by atoms with Crippen LogP contribution in [0.3, 0.4) is 0 Å². The molecule has 0 saturated heterocycles. The minimum absolute atomic E-state index is 0.383. The molecule has 0 aliphatic rings. The number of rotatable bonds is 5. The van der Waals surface area contributed by atoms with Gasteiger partial charge in [0.1, 0.15) is 0 Å². The van der Waals surface area contributed by atoms with E-state index in [0.717, 1.165) is 16.0 Å². The van der Waals surface area contributed by atoms with Crippen molar-refractivity contribution in [1.82, 2.24) is 0 Å². The van der Waals surface area contributed by atoms with E-state index in [4.69, 9.17) is 31.5 Å². The third-order valence-electron chi connectivity index (χ3n) is 3.28.